The number of hydrogen-bond acceptors (Lipinski definition) is 6. The third-order valence-corrected chi connectivity index (χ3v) is 5.24. The molecule has 3 rings (SSSR count). The van der Waals surface area contributed by atoms with Crippen LogP contribution in [0.5, 0.6) is 23.0 Å². The van der Waals surface area contributed by atoms with Crippen LogP contribution in [0.1, 0.15) is 28.4 Å². The Balaban J connectivity index is 1.71. The van der Waals surface area contributed by atoms with Crippen molar-refractivity contribution in [3.63, 3.8) is 0 Å². The van der Waals surface area contributed by atoms with Crippen LogP contribution in [0.4, 0.5) is 4.39 Å². The van der Waals surface area contributed by atoms with Crippen molar-refractivity contribution in [2.45, 2.75) is 13.5 Å². The standard InChI is InChI=1S/C25H24BrFN2O5/c1-4-33-23-12-17(11-20(26)24(23)34-15-16-5-8-19(27)9-6-16)14-28-29-25(30)18-7-10-21(31-2)22(13-18)32-3/h5-14H,4,15H2,1-3H3,(H,29,30)/b28-14+. The minimum absolute atomic E-state index is 0.244. The molecule has 0 saturated heterocycles. The summed E-state index contributed by atoms with van der Waals surface area (Å²) in [6.07, 6.45) is 1.50. The lowest BCUT2D eigenvalue weighted by molar-refractivity contribution is 0.0954. The highest BCUT2D eigenvalue weighted by Crippen LogP contribution is 2.37. The second-order valence-corrected chi connectivity index (χ2v) is 7.80. The monoisotopic (exact) mass is 530 g/mol. The fourth-order valence-corrected chi connectivity index (χ4v) is 3.58. The summed E-state index contributed by atoms with van der Waals surface area (Å²) >= 11 is 3.50. The van der Waals surface area contributed by atoms with Gasteiger partial charge in [-0.15, -0.1) is 0 Å². The van der Waals surface area contributed by atoms with E-state index in [4.69, 9.17) is 18.9 Å². The number of hydrogen-bond donors (Lipinski definition) is 1. The van der Waals surface area contributed by atoms with Gasteiger partial charge in [-0.3, -0.25) is 4.79 Å². The van der Waals surface area contributed by atoms with Crippen LogP contribution in [-0.2, 0) is 6.61 Å². The molecule has 7 nitrogen and oxygen atoms in total. The summed E-state index contributed by atoms with van der Waals surface area (Å²) in [5.41, 5.74) is 4.36. The van der Waals surface area contributed by atoms with Gasteiger partial charge < -0.3 is 18.9 Å². The first-order valence-corrected chi connectivity index (χ1v) is 11.1. The number of rotatable bonds is 10. The van der Waals surface area contributed by atoms with Gasteiger partial charge in [0, 0.05) is 5.56 Å². The summed E-state index contributed by atoms with van der Waals surface area (Å²) < 4.78 is 35.8. The van der Waals surface area contributed by atoms with Gasteiger partial charge >= 0.3 is 0 Å². The number of carbonyl (C=O) groups excluding carboxylic acids is 1. The van der Waals surface area contributed by atoms with E-state index in [1.807, 2.05) is 6.92 Å². The van der Waals surface area contributed by atoms with Crippen molar-refractivity contribution < 1.29 is 28.1 Å². The van der Waals surface area contributed by atoms with E-state index >= 15 is 0 Å². The molecule has 0 aromatic heterocycles. The third kappa shape index (κ3) is 6.48. The molecule has 0 radical (unpaired) electrons. The van der Waals surface area contributed by atoms with Gasteiger partial charge in [0.1, 0.15) is 12.4 Å². The summed E-state index contributed by atoms with van der Waals surface area (Å²) in [4.78, 5) is 12.4. The van der Waals surface area contributed by atoms with Crippen molar-refractivity contribution >= 4 is 28.1 Å². The topological polar surface area (TPSA) is 78.4 Å². The zero-order valence-electron chi connectivity index (χ0n) is 18.9. The van der Waals surface area contributed by atoms with E-state index < -0.39 is 5.91 Å². The molecule has 178 valence electrons. The van der Waals surface area contributed by atoms with Gasteiger partial charge in [0.15, 0.2) is 23.0 Å². The Bertz CT molecular complexity index is 1170. The van der Waals surface area contributed by atoms with Gasteiger partial charge in [-0.2, -0.15) is 5.10 Å². The normalized spacial score (nSPS) is 10.7. The molecule has 3 aromatic carbocycles. The maximum atomic E-state index is 13.1. The second-order valence-electron chi connectivity index (χ2n) is 6.95. The number of hydrazone groups is 1. The number of nitrogens with zero attached hydrogens (tertiary/aromatic N) is 1. The molecule has 0 fully saturated rings. The summed E-state index contributed by atoms with van der Waals surface area (Å²) in [5.74, 6) is 1.28. The molecule has 0 aliphatic carbocycles. The van der Waals surface area contributed by atoms with Crippen LogP contribution in [-0.4, -0.2) is 32.9 Å². The van der Waals surface area contributed by atoms with Gasteiger partial charge in [0.25, 0.3) is 5.91 Å². The zero-order valence-corrected chi connectivity index (χ0v) is 20.5. The number of amides is 1. The molecule has 1 amide bonds. The van der Waals surface area contributed by atoms with Crippen LogP contribution in [0.2, 0.25) is 0 Å². The fourth-order valence-electron chi connectivity index (χ4n) is 3.01. The van der Waals surface area contributed by atoms with E-state index in [-0.39, 0.29) is 12.4 Å². The Morgan fingerprint density at radius 1 is 1.00 bits per heavy atom. The summed E-state index contributed by atoms with van der Waals surface area (Å²) in [5, 5.41) is 4.04. The van der Waals surface area contributed by atoms with Crippen molar-refractivity contribution in [2.75, 3.05) is 20.8 Å². The largest absolute Gasteiger partial charge is 0.493 e. The first-order chi connectivity index (χ1) is 16.4. The molecule has 1 N–H and O–H groups in total. The van der Waals surface area contributed by atoms with Gasteiger partial charge in [0.2, 0.25) is 0 Å². The highest BCUT2D eigenvalue weighted by Gasteiger charge is 2.13. The molecular formula is C25H24BrFN2O5. The number of benzene rings is 3. The predicted octanol–water partition coefficient (Wildman–Crippen LogP) is 5.35. The maximum Gasteiger partial charge on any atom is 0.271 e. The van der Waals surface area contributed by atoms with E-state index in [0.29, 0.717) is 45.2 Å². The third-order valence-electron chi connectivity index (χ3n) is 4.65. The van der Waals surface area contributed by atoms with Gasteiger partial charge in [-0.05, 0) is 76.4 Å². The predicted molar refractivity (Wildman–Crippen MR) is 131 cm³/mol. The smallest absolute Gasteiger partial charge is 0.271 e. The molecule has 9 heteroatoms. The molecule has 0 saturated carbocycles. The Morgan fingerprint density at radius 3 is 2.41 bits per heavy atom. The van der Waals surface area contributed by atoms with E-state index in [1.54, 1.807) is 42.5 Å². The molecule has 0 bridgehead atoms. The number of nitrogens with one attached hydrogen (secondary N) is 1. The first kappa shape index (κ1) is 25.0. The fraction of sp³-hybridized carbons (Fsp3) is 0.200. The van der Waals surface area contributed by atoms with Crippen LogP contribution in [0.25, 0.3) is 0 Å². The lowest BCUT2D eigenvalue weighted by Gasteiger charge is -2.14. The average molecular weight is 531 g/mol. The van der Waals surface area contributed by atoms with Gasteiger partial charge in [-0.25, -0.2) is 9.82 Å². The molecular weight excluding hydrogens is 507 g/mol. The SMILES string of the molecule is CCOc1cc(/C=N/NC(=O)c2ccc(OC)c(OC)c2)cc(Br)c1OCc1ccc(F)cc1. The average Bonchev–Trinajstić information content (AvgIpc) is 2.84. The minimum atomic E-state index is -0.402. The Labute approximate surface area is 205 Å². The van der Waals surface area contributed by atoms with Crippen molar-refractivity contribution in [3.05, 3.63) is 81.6 Å². The minimum Gasteiger partial charge on any atom is -0.493 e. The number of carbonyl (C=O) groups is 1. The van der Waals surface area contributed by atoms with E-state index in [1.165, 1.54) is 32.6 Å². The summed E-state index contributed by atoms with van der Waals surface area (Å²) in [7, 11) is 3.02. The van der Waals surface area contributed by atoms with Crippen molar-refractivity contribution in [3.8, 4) is 23.0 Å². The number of ether oxygens (including phenoxy) is 4. The van der Waals surface area contributed by atoms with Crippen LogP contribution < -0.4 is 24.4 Å². The maximum absolute atomic E-state index is 13.1. The molecule has 34 heavy (non-hydrogen) atoms. The molecule has 0 unspecified atom stereocenters. The van der Waals surface area contributed by atoms with E-state index in [9.17, 15) is 9.18 Å². The highest BCUT2D eigenvalue weighted by molar-refractivity contribution is 9.10. The number of methoxy groups -OCH3 is 2. The molecule has 0 heterocycles. The summed E-state index contributed by atoms with van der Waals surface area (Å²) in [6.45, 7) is 2.53. The summed E-state index contributed by atoms with van der Waals surface area (Å²) in [6, 6.07) is 14.4. The second kappa shape index (κ2) is 12.0. The van der Waals surface area contributed by atoms with E-state index in [2.05, 4.69) is 26.5 Å². The molecule has 0 aliphatic rings. The van der Waals surface area contributed by atoms with Crippen molar-refractivity contribution in [1.29, 1.82) is 0 Å². The molecule has 0 spiro atoms. The first-order valence-electron chi connectivity index (χ1n) is 10.3. The van der Waals surface area contributed by atoms with Gasteiger partial charge in [-0.1, -0.05) is 12.1 Å². The van der Waals surface area contributed by atoms with Crippen LogP contribution in [0.3, 0.4) is 0 Å². The van der Waals surface area contributed by atoms with Crippen LogP contribution >= 0.6 is 15.9 Å². The molecule has 0 atom stereocenters. The number of halogens is 2. The zero-order chi connectivity index (χ0) is 24.5. The Morgan fingerprint density at radius 2 is 1.74 bits per heavy atom. The lowest BCUT2D eigenvalue weighted by Crippen LogP contribution is -2.17. The van der Waals surface area contributed by atoms with E-state index in [0.717, 1.165) is 5.56 Å². The Hall–Kier alpha value is -3.59. The van der Waals surface area contributed by atoms with Crippen LogP contribution in [0, 0.1) is 5.82 Å². The van der Waals surface area contributed by atoms with Gasteiger partial charge in [0.05, 0.1) is 31.5 Å². The quantitative estimate of drug-likeness (QED) is 0.282. The highest BCUT2D eigenvalue weighted by atomic mass is 79.9. The molecule has 3 aromatic rings. The van der Waals surface area contributed by atoms with Crippen molar-refractivity contribution in [2.24, 2.45) is 5.10 Å². The van der Waals surface area contributed by atoms with Crippen LogP contribution in [0.15, 0.2) is 64.2 Å². The van der Waals surface area contributed by atoms with Crippen molar-refractivity contribution in [1.82, 2.24) is 5.43 Å². The molecule has 0 aliphatic heterocycles. The lowest BCUT2D eigenvalue weighted by atomic mass is 10.2. The Kier molecular flexibility index (Phi) is 8.86.